The number of halogens is 3. The summed E-state index contributed by atoms with van der Waals surface area (Å²) in [5.41, 5.74) is -0.298. The maximum atomic E-state index is 13.3. The van der Waals surface area contributed by atoms with Crippen LogP contribution in [0, 0.1) is 5.92 Å². The van der Waals surface area contributed by atoms with Gasteiger partial charge < -0.3 is 4.74 Å². The van der Waals surface area contributed by atoms with Crippen molar-refractivity contribution in [3.05, 3.63) is 41.6 Å². The monoisotopic (exact) mass is 308 g/mol. The van der Waals surface area contributed by atoms with Crippen molar-refractivity contribution in [2.45, 2.75) is 26.1 Å². The van der Waals surface area contributed by atoms with Gasteiger partial charge in [0.05, 0.1) is 17.1 Å². The summed E-state index contributed by atoms with van der Waals surface area (Å²) in [6.45, 7) is 4.37. The smallest absolute Gasteiger partial charge is 0.417 e. The Morgan fingerprint density at radius 2 is 1.95 bits per heavy atom. The summed E-state index contributed by atoms with van der Waals surface area (Å²) in [5, 5.41) is 0.0813. The Kier molecular flexibility index (Phi) is 3.54. The first-order valence-electron chi connectivity index (χ1n) is 7.04. The number of benzene rings is 1. The summed E-state index contributed by atoms with van der Waals surface area (Å²) in [6.07, 6.45) is -4.45. The molecule has 0 saturated heterocycles. The normalized spacial score (nSPS) is 18.6. The van der Waals surface area contributed by atoms with Gasteiger partial charge in [0.25, 0.3) is 0 Å². The van der Waals surface area contributed by atoms with Gasteiger partial charge in [0, 0.05) is 5.39 Å². The lowest BCUT2D eigenvalue weighted by molar-refractivity contribution is -0.136. The Bertz CT molecular complexity index is 738. The van der Waals surface area contributed by atoms with Crippen LogP contribution in [-0.2, 0) is 10.9 Å². The molecule has 116 valence electrons. The van der Waals surface area contributed by atoms with Crippen LogP contribution >= 0.6 is 0 Å². The van der Waals surface area contributed by atoms with Gasteiger partial charge in [-0.3, -0.25) is 0 Å². The molecule has 3 nitrogen and oxygen atoms in total. The van der Waals surface area contributed by atoms with Crippen LogP contribution < -0.4 is 0 Å². The van der Waals surface area contributed by atoms with Gasteiger partial charge in [-0.2, -0.15) is 13.2 Å². The van der Waals surface area contributed by atoms with Crippen molar-refractivity contribution in [3.63, 3.8) is 0 Å². The molecule has 0 radical (unpaired) electrons. The number of rotatable bonds is 2. The van der Waals surface area contributed by atoms with E-state index in [-0.39, 0.29) is 34.5 Å². The van der Waals surface area contributed by atoms with Crippen LogP contribution in [0.2, 0.25) is 0 Å². The summed E-state index contributed by atoms with van der Waals surface area (Å²) in [5.74, 6) is 0.454. The van der Waals surface area contributed by atoms with E-state index in [4.69, 9.17) is 4.74 Å². The Morgan fingerprint density at radius 1 is 1.23 bits per heavy atom. The quantitative estimate of drug-likeness (QED) is 0.838. The fourth-order valence-corrected chi connectivity index (χ4v) is 2.39. The van der Waals surface area contributed by atoms with E-state index in [9.17, 15) is 13.2 Å². The van der Waals surface area contributed by atoms with Crippen LogP contribution in [0.1, 0.15) is 25.1 Å². The minimum absolute atomic E-state index is 0.0439. The molecule has 0 amide bonds. The lowest BCUT2D eigenvalue weighted by Gasteiger charge is -2.12. The highest BCUT2D eigenvalue weighted by molar-refractivity contribution is 5.96. The van der Waals surface area contributed by atoms with E-state index < -0.39 is 11.7 Å². The van der Waals surface area contributed by atoms with Gasteiger partial charge >= 0.3 is 6.18 Å². The first-order chi connectivity index (χ1) is 10.4. The van der Waals surface area contributed by atoms with Crippen molar-refractivity contribution in [1.82, 2.24) is 4.98 Å². The molecule has 1 atom stereocenters. The molecular weight excluding hydrogens is 293 g/mol. The van der Waals surface area contributed by atoms with Gasteiger partial charge in [0.15, 0.2) is 0 Å². The molecule has 2 aromatic rings. The van der Waals surface area contributed by atoms with E-state index in [0.717, 1.165) is 6.07 Å². The molecule has 0 unspecified atom stereocenters. The Hall–Kier alpha value is -2.11. The molecule has 0 spiro atoms. The number of alkyl halides is 3. The zero-order valence-corrected chi connectivity index (χ0v) is 12.2. The third-order valence-electron chi connectivity index (χ3n) is 3.68. The summed E-state index contributed by atoms with van der Waals surface area (Å²) in [6, 6.07) is 7.18. The maximum Gasteiger partial charge on any atom is 0.417 e. The van der Waals surface area contributed by atoms with Crippen LogP contribution in [0.15, 0.2) is 35.3 Å². The molecule has 3 rings (SSSR count). The van der Waals surface area contributed by atoms with Crippen LogP contribution in [0.3, 0.4) is 0 Å². The van der Waals surface area contributed by atoms with E-state index >= 15 is 0 Å². The van der Waals surface area contributed by atoms with Gasteiger partial charge in [-0.15, -0.1) is 0 Å². The summed E-state index contributed by atoms with van der Waals surface area (Å²) in [7, 11) is 0. The van der Waals surface area contributed by atoms with E-state index in [0.29, 0.717) is 6.61 Å². The third kappa shape index (κ3) is 2.65. The summed E-state index contributed by atoms with van der Waals surface area (Å²) in [4.78, 5) is 8.62. The molecule has 1 aliphatic heterocycles. The predicted octanol–water partition coefficient (Wildman–Crippen LogP) is 4.06. The minimum Gasteiger partial charge on any atom is -0.474 e. The van der Waals surface area contributed by atoms with Gasteiger partial charge in [0.2, 0.25) is 5.90 Å². The van der Waals surface area contributed by atoms with Crippen LogP contribution in [0.4, 0.5) is 13.2 Å². The molecule has 1 aromatic heterocycles. The lowest BCUT2D eigenvalue weighted by Crippen LogP contribution is -2.13. The van der Waals surface area contributed by atoms with Gasteiger partial charge in [-0.1, -0.05) is 32.0 Å². The lowest BCUT2D eigenvalue weighted by atomic mass is 10.1. The predicted molar refractivity (Wildman–Crippen MR) is 77.9 cm³/mol. The second-order valence-corrected chi connectivity index (χ2v) is 5.63. The highest BCUT2D eigenvalue weighted by Gasteiger charge is 2.34. The molecule has 6 heteroatoms. The molecule has 1 aromatic carbocycles. The van der Waals surface area contributed by atoms with Crippen LogP contribution in [0.25, 0.3) is 10.9 Å². The number of aromatic nitrogens is 1. The molecule has 0 saturated carbocycles. The average molecular weight is 308 g/mol. The van der Waals surface area contributed by atoms with E-state index in [1.54, 1.807) is 18.2 Å². The van der Waals surface area contributed by atoms with Crippen LogP contribution in [-0.4, -0.2) is 23.5 Å². The third-order valence-corrected chi connectivity index (χ3v) is 3.68. The number of hydrogen-bond acceptors (Lipinski definition) is 3. The minimum atomic E-state index is -4.45. The van der Waals surface area contributed by atoms with Gasteiger partial charge in [-0.25, -0.2) is 9.98 Å². The van der Waals surface area contributed by atoms with Crippen molar-refractivity contribution in [2.75, 3.05) is 6.61 Å². The standard InChI is InChI=1S/C16H15F3N2O/c1-9(2)14-8-22-15(21-14)13-7-11(16(17,18)19)10-5-3-4-6-12(10)20-13/h3-7,9,14H,8H2,1-2H3/t14-/m1/s1. The SMILES string of the molecule is CC(C)[C@H]1COC(c2cc(C(F)(F)F)c3ccccc3n2)=N1. The molecule has 0 bridgehead atoms. The number of para-hydroxylation sites is 1. The number of aliphatic imine (C=N–C) groups is 1. The fourth-order valence-electron chi connectivity index (χ4n) is 2.39. The molecule has 1 aliphatic rings. The van der Waals surface area contributed by atoms with Crippen molar-refractivity contribution < 1.29 is 17.9 Å². The number of pyridine rings is 1. The van der Waals surface area contributed by atoms with E-state index in [2.05, 4.69) is 9.98 Å². The first-order valence-corrected chi connectivity index (χ1v) is 7.04. The maximum absolute atomic E-state index is 13.3. The van der Waals surface area contributed by atoms with Crippen molar-refractivity contribution in [3.8, 4) is 0 Å². The number of fused-ring (bicyclic) bond motifs is 1. The van der Waals surface area contributed by atoms with Crippen molar-refractivity contribution in [2.24, 2.45) is 10.9 Å². The second-order valence-electron chi connectivity index (χ2n) is 5.63. The Labute approximate surface area is 125 Å². The number of ether oxygens (including phenoxy) is 1. The summed E-state index contributed by atoms with van der Waals surface area (Å²) >= 11 is 0. The van der Waals surface area contributed by atoms with Crippen molar-refractivity contribution >= 4 is 16.8 Å². The molecule has 0 aliphatic carbocycles. The Morgan fingerprint density at radius 3 is 2.59 bits per heavy atom. The van der Waals surface area contributed by atoms with Crippen LogP contribution in [0.5, 0.6) is 0 Å². The molecule has 2 heterocycles. The zero-order valence-electron chi connectivity index (χ0n) is 12.2. The zero-order chi connectivity index (χ0) is 15.9. The number of nitrogens with zero attached hydrogens (tertiary/aromatic N) is 2. The van der Waals surface area contributed by atoms with E-state index in [1.807, 2.05) is 13.8 Å². The number of hydrogen-bond donors (Lipinski definition) is 0. The molecule has 0 fully saturated rings. The average Bonchev–Trinajstić information content (AvgIpc) is 2.95. The fraction of sp³-hybridized carbons (Fsp3) is 0.375. The molecule has 0 N–H and O–H groups in total. The molecular formula is C16H15F3N2O. The summed E-state index contributed by atoms with van der Waals surface area (Å²) < 4.78 is 45.3. The van der Waals surface area contributed by atoms with Crippen molar-refractivity contribution in [1.29, 1.82) is 0 Å². The highest BCUT2D eigenvalue weighted by Crippen LogP contribution is 2.35. The topological polar surface area (TPSA) is 34.5 Å². The second kappa shape index (κ2) is 5.26. The highest BCUT2D eigenvalue weighted by atomic mass is 19.4. The van der Waals surface area contributed by atoms with Gasteiger partial charge in [0.1, 0.15) is 12.3 Å². The molecule has 22 heavy (non-hydrogen) atoms. The van der Waals surface area contributed by atoms with E-state index in [1.165, 1.54) is 6.07 Å². The Balaban J connectivity index is 2.14. The first kappa shape index (κ1) is 14.8. The van der Waals surface area contributed by atoms with Gasteiger partial charge in [-0.05, 0) is 18.1 Å². The largest absolute Gasteiger partial charge is 0.474 e.